The second-order valence-corrected chi connectivity index (χ2v) is 6.00. The van der Waals surface area contributed by atoms with Crippen LogP contribution in [0.1, 0.15) is 70.6 Å². The molecule has 0 heterocycles. The summed E-state index contributed by atoms with van der Waals surface area (Å²) in [6.45, 7) is 0. The van der Waals surface area contributed by atoms with E-state index in [1.165, 1.54) is 76.9 Å². The minimum Gasteiger partial charge on any atom is -0.303 e. The first-order valence-corrected chi connectivity index (χ1v) is 7.34. The summed E-state index contributed by atoms with van der Waals surface area (Å²) in [4.78, 5) is 10.7. The van der Waals surface area contributed by atoms with Crippen molar-refractivity contribution < 1.29 is 4.79 Å². The molecule has 2 aliphatic carbocycles. The summed E-state index contributed by atoms with van der Waals surface area (Å²) in [5.41, 5.74) is 0. The first kappa shape index (κ1) is 12.1. The van der Waals surface area contributed by atoms with Gasteiger partial charge in [-0.3, -0.25) is 0 Å². The molecule has 0 aliphatic heterocycles. The number of hydrogen-bond donors (Lipinski definition) is 0. The van der Waals surface area contributed by atoms with E-state index in [2.05, 4.69) is 0 Å². The van der Waals surface area contributed by atoms with Crippen LogP contribution in [0.25, 0.3) is 0 Å². The zero-order valence-corrected chi connectivity index (χ0v) is 10.5. The van der Waals surface area contributed by atoms with Gasteiger partial charge in [0.05, 0.1) is 0 Å². The monoisotopic (exact) mass is 222 g/mol. The Balaban J connectivity index is 1.61. The van der Waals surface area contributed by atoms with Gasteiger partial charge in [0.15, 0.2) is 0 Å². The van der Waals surface area contributed by atoms with Gasteiger partial charge in [-0.2, -0.15) is 0 Å². The third-order valence-electron chi connectivity index (χ3n) is 4.79. The summed E-state index contributed by atoms with van der Waals surface area (Å²) in [6, 6.07) is 0. The molecule has 0 spiro atoms. The smallest absolute Gasteiger partial charge is 0.123 e. The Morgan fingerprint density at radius 3 is 1.88 bits per heavy atom. The Morgan fingerprint density at radius 2 is 1.31 bits per heavy atom. The summed E-state index contributed by atoms with van der Waals surface area (Å²) in [7, 11) is 0. The van der Waals surface area contributed by atoms with Crippen LogP contribution in [0.4, 0.5) is 0 Å². The molecular formula is C15H26O. The van der Waals surface area contributed by atoms with Crippen LogP contribution in [-0.4, -0.2) is 6.29 Å². The van der Waals surface area contributed by atoms with Crippen LogP contribution in [0, 0.1) is 17.8 Å². The van der Waals surface area contributed by atoms with Crippen LogP contribution in [0.2, 0.25) is 0 Å². The molecule has 1 heteroatoms. The SMILES string of the molecule is O=CC1CCC(CCC2CCCCC2)CC1. The van der Waals surface area contributed by atoms with E-state index in [0.717, 1.165) is 11.8 Å². The highest BCUT2D eigenvalue weighted by atomic mass is 16.1. The van der Waals surface area contributed by atoms with Gasteiger partial charge in [0.1, 0.15) is 6.29 Å². The zero-order chi connectivity index (χ0) is 11.2. The minimum absolute atomic E-state index is 0.394. The van der Waals surface area contributed by atoms with Gasteiger partial charge in [0.25, 0.3) is 0 Å². The average Bonchev–Trinajstić information content (AvgIpc) is 2.38. The molecule has 2 rings (SSSR count). The van der Waals surface area contributed by atoms with Gasteiger partial charge >= 0.3 is 0 Å². The second-order valence-electron chi connectivity index (χ2n) is 6.00. The van der Waals surface area contributed by atoms with Crippen molar-refractivity contribution in [3.05, 3.63) is 0 Å². The molecule has 2 saturated carbocycles. The molecule has 0 aromatic carbocycles. The molecule has 1 nitrogen and oxygen atoms in total. The molecule has 0 bridgehead atoms. The van der Waals surface area contributed by atoms with Gasteiger partial charge in [-0.15, -0.1) is 0 Å². The molecule has 0 radical (unpaired) electrons. The van der Waals surface area contributed by atoms with Gasteiger partial charge in [-0.25, -0.2) is 0 Å². The lowest BCUT2D eigenvalue weighted by atomic mass is 9.77. The molecule has 0 atom stereocenters. The molecule has 0 aromatic heterocycles. The summed E-state index contributed by atoms with van der Waals surface area (Å²) >= 11 is 0. The topological polar surface area (TPSA) is 17.1 Å². The third kappa shape index (κ3) is 3.61. The molecule has 0 saturated heterocycles. The van der Waals surface area contributed by atoms with Crippen LogP contribution >= 0.6 is 0 Å². The Kier molecular flexibility index (Phi) is 4.87. The quantitative estimate of drug-likeness (QED) is 0.646. The van der Waals surface area contributed by atoms with Crippen molar-refractivity contribution in [2.24, 2.45) is 17.8 Å². The normalized spacial score (nSPS) is 32.5. The van der Waals surface area contributed by atoms with E-state index in [4.69, 9.17) is 0 Å². The lowest BCUT2D eigenvalue weighted by Crippen LogP contribution is -2.16. The first-order valence-electron chi connectivity index (χ1n) is 7.34. The average molecular weight is 222 g/mol. The molecule has 2 fully saturated rings. The van der Waals surface area contributed by atoms with Crippen molar-refractivity contribution in [2.75, 3.05) is 0 Å². The summed E-state index contributed by atoms with van der Waals surface area (Å²) < 4.78 is 0. The molecule has 0 unspecified atom stereocenters. The Bertz CT molecular complexity index is 197. The van der Waals surface area contributed by atoms with E-state index >= 15 is 0 Å². The molecule has 0 N–H and O–H groups in total. The lowest BCUT2D eigenvalue weighted by molar-refractivity contribution is -0.112. The van der Waals surface area contributed by atoms with Gasteiger partial charge in [-0.05, 0) is 37.5 Å². The fourth-order valence-corrected chi connectivity index (χ4v) is 3.56. The zero-order valence-electron chi connectivity index (χ0n) is 10.5. The van der Waals surface area contributed by atoms with Gasteiger partial charge in [0.2, 0.25) is 0 Å². The molecular weight excluding hydrogens is 196 g/mol. The van der Waals surface area contributed by atoms with Crippen molar-refractivity contribution in [1.29, 1.82) is 0 Å². The fourth-order valence-electron chi connectivity index (χ4n) is 3.56. The maximum atomic E-state index is 10.7. The van der Waals surface area contributed by atoms with Crippen LogP contribution in [0.15, 0.2) is 0 Å². The van der Waals surface area contributed by atoms with Gasteiger partial charge in [-0.1, -0.05) is 44.9 Å². The molecule has 0 amide bonds. The number of aldehydes is 1. The van der Waals surface area contributed by atoms with Gasteiger partial charge in [0, 0.05) is 5.92 Å². The highest BCUT2D eigenvalue weighted by Crippen LogP contribution is 2.34. The van der Waals surface area contributed by atoms with Crippen molar-refractivity contribution in [3.8, 4) is 0 Å². The fraction of sp³-hybridized carbons (Fsp3) is 0.933. The maximum absolute atomic E-state index is 10.7. The Labute approximate surface area is 100.0 Å². The van der Waals surface area contributed by atoms with Crippen molar-refractivity contribution in [2.45, 2.75) is 70.6 Å². The van der Waals surface area contributed by atoms with Crippen LogP contribution in [0.5, 0.6) is 0 Å². The number of carbonyl (C=O) groups excluding carboxylic acids is 1. The Morgan fingerprint density at radius 1 is 0.750 bits per heavy atom. The standard InChI is InChI=1S/C15H26O/c16-12-15-10-8-14(9-11-15)7-6-13-4-2-1-3-5-13/h12-15H,1-11H2. The van der Waals surface area contributed by atoms with E-state index in [0.29, 0.717) is 5.92 Å². The number of hydrogen-bond acceptors (Lipinski definition) is 1. The highest BCUT2D eigenvalue weighted by Gasteiger charge is 2.22. The van der Waals surface area contributed by atoms with E-state index < -0.39 is 0 Å². The summed E-state index contributed by atoms with van der Waals surface area (Å²) in [5.74, 6) is 2.38. The maximum Gasteiger partial charge on any atom is 0.123 e. The van der Waals surface area contributed by atoms with Crippen LogP contribution in [0.3, 0.4) is 0 Å². The predicted octanol–water partition coefficient (Wildman–Crippen LogP) is 4.35. The first-order chi connectivity index (χ1) is 7.88. The summed E-state index contributed by atoms with van der Waals surface area (Å²) in [6.07, 6.45) is 16.5. The molecule has 0 aromatic rings. The van der Waals surface area contributed by atoms with E-state index in [1.54, 1.807) is 0 Å². The van der Waals surface area contributed by atoms with Crippen molar-refractivity contribution in [1.82, 2.24) is 0 Å². The lowest BCUT2D eigenvalue weighted by Gasteiger charge is -2.28. The largest absolute Gasteiger partial charge is 0.303 e. The van der Waals surface area contributed by atoms with Crippen molar-refractivity contribution in [3.63, 3.8) is 0 Å². The van der Waals surface area contributed by atoms with Crippen LogP contribution < -0.4 is 0 Å². The van der Waals surface area contributed by atoms with E-state index in [1.807, 2.05) is 0 Å². The predicted molar refractivity (Wildman–Crippen MR) is 67.3 cm³/mol. The molecule has 92 valence electrons. The Hall–Kier alpha value is -0.330. The highest BCUT2D eigenvalue weighted by molar-refractivity contribution is 5.53. The summed E-state index contributed by atoms with van der Waals surface area (Å²) in [5, 5.41) is 0. The molecule has 2 aliphatic rings. The number of carbonyl (C=O) groups is 1. The van der Waals surface area contributed by atoms with E-state index in [-0.39, 0.29) is 0 Å². The van der Waals surface area contributed by atoms with Crippen LogP contribution in [-0.2, 0) is 4.79 Å². The molecule has 16 heavy (non-hydrogen) atoms. The third-order valence-corrected chi connectivity index (χ3v) is 4.79. The number of rotatable bonds is 4. The second kappa shape index (κ2) is 6.42. The van der Waals surface area contributed by atoms with E-state index in [9.17, 15) is 4.79 Å². The van der Waals surface area contributed by atoms with Gasteiger partial charge < -0.3 is 4.79 Å². The van der Waals surface area contributed by atoms with Crippen molar-refractivity contribution >= 4 is 6.29 Å². The minimum atomic E-state index is 0.394.